The van der Waals surface area contributed by atoms with Crippen LogP contribution in [0.5, 0.6) is 0 Å². The van der Waals surface area contributed by atoms with Gasteiger partial charge < -0.3 is 10.2 Å². The lowest BCUT2D eigenvalue weighted by molar-refractivity contribution is 0.300. The van der Waals surface area contributed by atoms with Gasteiger partial charge in [0.25, 0.3) is 0 Å². The highest BCUT2D eigenvalue weighted by Gasteiger charge is 2.16. The summed E-state index contributed by atoms with van der Waals surface area (Å²) in [6.45, 7) is 11.3. The highest BCUT2D eigenvalue weighted by Crippen LogP contribution is 2.19. The van der Waals surface area contributed by atoms with Crippen LogP contribution in [-0.4, -0.2) is 46.0 Å². The largest absolute Gasteiger partial charge is 0.313 e. The monoisotopic (exact) mass is 333 g/mol. The first-order chi connectivity index (χ1) is 10.0. The number of hydrogen-bond donors (Lipinski definition) is 2. The van der Waals surface area contributed by atoms with E-state index in [-0.39, 0.29) is 0 Å². The molecule has 0 spiro atoms. The van der Waals surface area contributed by atoms with Crippen LogP contribution in [0.4, 0.5) is 0 Å². The van der Waals surface area contributed by atoms with Crippen molar-refractivity contribution in [3.63, 3.8) is 0 Å². The molecular formula is C14H27N3O2S2. The van der Waals surface area contributed by atoms with Crippen molar-refractivity contribution < 1.29 is 8.42 Å². The molecule has 0 aliphatic rings. The molecule has 1 heterocycles. The van der Waals surface area contributed by atoms with E-state index in [1.54, 1.807) is 6.07 Å². The van der Waals surface area contributed by atoms with Gasteiger partial charge in [-0.1, -0.05) is 20.8 Å². The zero-order valence-electron chi connectivity index (χ0n) is 13.2. The van der Waals surface area contributed by atoms with Gasteiger partial charge in [-0.05, 0) is 49.6 Å². The fourth-order valence-corrected chi connectivity index (χ4v) is 4.30. The molecule has 0 aliphatic heterocycles. The number of nitrogens with one attached hydrogen (secondary N) is 2. The van der Waals surface area contributed by atoms with E-state index in [2.05, 4.69) is 28.8 Å². The lowest BCUT2D eigenvalue weighted by Gasteiger charge is -2.17. The molecule has 0 radical (unpaired) electrons. The molecule has 21 heavy (non-hydrogen) atoms. The van der Waals surface area contributed by atoms with Crippen molar-refractivity contribution in [1.82, 2.24) is 14.9 Å². The van der Waals surface area contributed by atoms with Crippen molar-refractivity contribution in [3.8, 4) is 0 Å². The normalized spacial score (nSPS) is 12.2. The number of sulfonamides is 1. The minimum Gasteiger partial charge on any atom is -0.313 e. The molecule has 0 saturated heterocycles. The molecule has 0 saturated carbocycles. The second-order valence-corrected chi connectivity index (χ2v) is 7.74. The molecular weight excluding hydrogens is 306 g/mol. The van der Waals surface area contributed by atoms with E-state index in [0.29, 0.717) is 17.3 Å². The van der Waals surface area contributed by atoms with Crippen LogP contribution >= 0.6 is 11.3 Å². The van der Waals surface area contributed by atoms with E-state index in [1.165, 1.54) is 11.3 Å². The molecule has 1 rings (SSSR count). The first-order valence-electron chi connectivity index (χ1n) is 7.53. The van der Waals surface area contributed by atoms with Gasteiger partial charge in [-0.25, -0.2) is 13.1 Å². The molecule has 1 aromatic heterocycles. The number of hydrogen-bond acceptors (Lipinski definition) is 5. The highest BCUT2D eigenvalue weighted by molar-refractivity contribution is 7.91. The molecule has 122 valence electrons. The Hall–Kier alpha value is -0.470. The quantitative estimate of drug-likeness (QED) is 0.607. The Morgan fingerprint density at radius 3 is 2.57 bits per heavy atom. The van der Waals surface area contributed by atoms with Gasteiger partial charge in [-0.2, -0.15) is 0 Å². The molecule has 0 aromatic carbocycles. The molecule has 5 nitrogen and oxygen atoms in total. The van der Waals surface area contributed by atoms with Gasteiger partial charge in [0.05, 0.1) is 0 Å². The summed E-state index contributed by atoms with van der Waals surface area (Å²) in [5.74, 6) is 0. The summed E-state index contributed by atoms with van der Waals surface area (Å²) in [5.41, 5.74) is 1.02. The number of nitrogens with zero attached hydrogens (tertiary/aromatic N) is 1. The molecule has 0 aliphatic carbocycles. The fourth-order valence-electron chi connectivity index (χ4n) is 1.98. The minimum atomic E-state index is -3.35. The summed E-state index contributed by atoms with van der Waals surface area (Å²) in [5, 5.41) is 5.09. The average molecular weight is 334 g/mol. The molecule has 0 fully saturated rings. The standard InChI is InChI=1S/C14H27N3O2S2/c1-4-15-11-13-10-14(20-12-13)21(18,19)16-8-7-9-17(5-2)6-3/h10,12,15-16H,4-9,11H2,1-3H3. The van der Waals surface area contributed by atoms with Crippen molar-refractivity contribution in [2.45, 2.75) is 37.9 Å². The zero-order chi connectivity index (χ0) is 15.7. The maximum atomic E-state index is 12.2. The van der Waals surface area contributed by atoms with Crippen LogP contribution in [0.2, 0.25) is 0 Å². The topological polar surface area (TPSA) is 61.4 Å². The number of rotatable bonds is 11. The molecule has 0 bridgehead atoms. The van der Waals surface area contributed by atoms with Gasteiger partial charge in [-0.3, -0.25) is 0 Å². The maximum Gasteiger partial charge on any atom is 0.250 e. The molecule has 0 amide bonds. The van der Waals surface area contributed by atoms with Crippen molar-refractivity contribution in [1.29, 1.82) is 0 Å². The Morgan fingerprint density at radius 1 is 1.24 bits per heavy atom. The zero-order valence-corrected chi connectivity index (χ0v) is 14.8. The van der Waals surface area contributed by atoms with Gasteiger partial charge >= 0.3 is 0 Å². The van der Waals surface area contributed by atoms with Crippen molar-refractivity contribution in [3.05, 3.63) is 17.0 Å². The third kappa shape index (κ3) is 6.44. The average Bonchev–Trinajstić information content (AvgIpc) is 2.95. The Morgan fingerprint density at radius 2 is 1.95 bits per heavy atom. The highest BCUT2D eigenvalue weighted by atomic mass is 32.2. The van der Waals surface area contributed by atoms with E-state index in [4.69, 9.17) is 0 Å². The van der Waals surface area contributed by atoms with Gasteiger partial charge in [0.2, 0.25) is 10.0 Å². The summed E-state index contributed by atoms with van der Waals surface area (Å²) in [7, 11) is -3.35. The SMILES string of the molecule is CCNCc1csc(S(=O)(=O)NCCCN(CC)CC)c1. The smallest absolute Gasteiger partial charge is 0.250 e. The third-order valence-corrected chi connectivity index (χ3v) is 6.26. The summed E-state index contributed by atoms with van der Waals surface area (Å²) >= 11 is 1.28. The maximum absolute atomic E-state index is 12.2. The van der Waals surface area contributed by atoms with Crippen LogP contribution in [0.25, 0.3) is 0 Å². The predicted molar refractivity (Wildman–Crippen MR) is 89.3 cm³/mol. The Balaban J connectivity index is 2.44. The van der Waals surface area contributed by atoms with Crippen molar-refractivity contribution in [2.24, 2.45) is 0 Å². The van der Waals surface area contributed by atoms with E-state index in [0.717, 1.165) is 38.2 Å². The third-order valence-electron chi connectivity index (χ3n) is 3.31. The molecule has 0 unspecified atom stereocenters. The Bertz CT molecular complexity index is 496. The summed E-state index contributed by atoms with van der Waals surface area (Å²) in [6, 6.07) is 1.75. The van der Waals surface area contributed by atoms with Gasteiger partial charge in [0.1, 0.15) is 4.21 Å². The van der Waals surface area contributed by atoms with Crippen LogP contribution in [-0.2, 0) is 16.6 Å². The lowest BCUT2D eigenvalue weighted by atomic mass is 10.3. The Labute approximate surface area is 132 Å². The van der Waals surface area contributed by atoms with E-state index >= 15 is 0 Å². The van der Waals surface area contributed by atoms with Gasteiger partial charge in [-0.15, -0.1) is 11.3 Å². The van der Waals surface area contributed by atoms with Crippen LogP contribution in [0.15, 0.2) is 15.7 Å². The first kappa shape index (κ1) is 18.6. The van der Waals surface area contributed by atoms with E-state index < -0.39 is 10.0 Å². The summed E-state index contributed by atoms with van der Waals surface area (Å²) in [6.07, 6.45) is 0.830. The predicted octanol–water partition coefficient (Wildman–Crippen LogP) is 1.87. The summed E-state index contributed by atoms with van der Waals surface area (Å²) in [4.78, 5) is 2.29. The minimum absolute atomic E-state index is 0.401. The Kier molecular flexibility index (Phi) is 8.43. The van der Waals surface area contributed by atoms with Crippen molar-refractivity contribution in [2.75, 3.05) is 32.7 Å². The van der Waals surface area contributed by atoms with Crippen LogP contribution in [0, 0.1) is 0 Å². The second-order valence-electron chi connectivity index (χ2n) is 4.83. The van der Waals surface area contributed by atoms with Crippen LogP contribution in [0.1, 0.15) is 32.8 Å². The molecule has 1 aromatic rings. The second kappa shape index (κ2) is 9.53. The van der Waals surface area contributed by atoms with Gasteiger partial charge in [0.15, 0.2) is 0 Å². The fraction of sp³-hybridized carbons (Fsp3) is 0.714. The van der Waals surface area contributed by atoms with E-state index in [9.17, 15) is 8.42 Å². The number of thiophene rings is 1. The summed E-state index contributed by atoms with van der Waals surface area (Å²) < 4.78 is 27.4. The van der Waals surface area contributed by atoms with Crippen LogP contribution in [0.3, 0.4) is 0 Å². The van der Waals surface area contributed by atoms with Crippen molar-refractivity contribution >= 4 is 21.4 Å². The first-order valence-corrected chi connectivity index (χ1v) is 9.89. The lowest BCUT2D eigenvalue weighted by Crippen LogP contribution is -2.29. The van der Waals surface area contributed by atoms with Crippen LogP contribution < -0.4 is 10.0 Å². The molecule has 0 atom stereocenters. The molecule has 7 heteroatoms. The van der Waals surface area contributed by atoms with E-state index in [1.807, 2.05) is 12.3 Å². The molecule has 2 N–H and O–H groups in total. The van der Waals surface area contributed by atoms with Gasteiger partial charge in [0, 0.05) is 13.1 Å².